The van der Waals surface area contributed by atoms with E-state index in [1.807, 2.05) is 12.1 Å². The minimum atomic E-state index is 0.694. The highest BCUT2D eigenvalue weighted by Crippen LogP contribution is 2.25. The van der Waals surface area contributed by atoms with Gasteiger partial charge in [-0.2, -0.15) is 5.10 Å². The number of fused-ring (bicyclic) bond motifs is 1. The standard InChI is InChI=1S/C13H16N4O/c1-16-4-6-17(7-5-16)13-11-8-10(9-18)2-3-12(11)14-15-13/h2-3,8-9H,4-7H2,1H3,(H,14,15). The Hall–Kier alpha value is -1.88. The molecule has 2 aromatic rings. The first-order valence-electron chi connectivity index (χ1n) is 6.15. The second kappa shape index (κ2) is 4.42. The molecule has 0 spiro atoms. The third-order valence-corrected chi connectivity index (χ3v) is 3.51. The molecule has 0 atom stereocenters. The molecule has 5 nitrogen and oxygen atoms in total. The predicted molar refractivity (Wildman–Crippen MR) is 71.2 cm³/mol. The molecule has 0 unspecified atom stereocenters. The van der Waals surface area contributed by atoms with Gasteiger partial charge in [-0.05, 0) is 25.2 Å². The van der Waals surface area contributed by atoms with E-state index in [0.717, 1.165) is 49.2 Å². The number of carbonyl (C=O) groups excluding carboxylic acids is 1. The van der Waals surface area contributed by atoms with Crippen molar-refractivity contribution in [1.29, 1.82) is 0 Å². The van der Waals surface area contributed by atoms with Crippen molar-refractivity contribution in [2.75, 3.05) is 38.1 Å². The fourth-order valence-corrected chi connectivity index (χ4v) is 2.35. The van der Waals surface area contributed by atoms with Crippen LogP contribution in [-0.4, -0.2) is 54.6 Å². The first kappa shape index (κ1) is 11.2. The van der Waals surface area contributed by atoms with Crippen LogP contribution in [0.3, 0.4) is 0 Å². The third-order valence-electron chi connectivity index (χ3n) is 3.51. The second-order valence-corrected chi connectivity index (χ2v) is 4.76. The lowest BCUT2D eigenvalue weighted by molar-refractivity contribution is 0.112. The molecule has 2 heterocycles. The summed E-state index contributed by atoms with van der Waals surface area (Å²) in [5.74, 6) is 0.960. The summed E-state index contributed by atoms with van der Waals surface area (Å²) in [5.41, 5.74) is 1.67. The monoisotopic (exact) mass is 244 g/mol. The molecular weight excluding hydrogens is 228 g/mol. The Morgan fingerprint density at radius 3 is 2.78 bits per heavy atom. The summed E-state index contributed by atoms with van der Waals surface area (Å²) >= 11 is 0. The number of hydrogen-bond donors (Lipinski definition) is 1. The molecular formula is C13H16N4O. The van der Waals surface area contributed by atoms with Gasteiger partial charge in [0.05, 0.1) is 5.52 Å². The van der Waals surface area contributed by atoms with Gasteiger partial charge in [-0.15, -0.1) is 0 Å². The number of hydrogen-bond acceptors (Lipinski definition) is 4. The number of carbonyl (C=O) groups is 1. The lowest BCUT2D eigenvalue weighted by atomic mass is 10.1. The van der Waals surface area contributed by atoms with E-state index in [-0.39, 0.29) is 0 Å². The zero-order valence-electron chi connectivity index (χ0n) is 10.4. The van der Waals surface area contributed by atoms with E-state index in [4.69, 9.17) is 0 Å². The third kappa shape index (κ3) is 1.86. The van der Waals surface area contributed by atoms with E-state index in [9.17, 15) is 4.79 Å². The zero-order valence-corrected chi connectivity index (χ0v) is 10.4. The number of piperazine rings is 1. The normalized spacial score (nSPS) is 17.3. The van der Waals surface area contributed by atoms with E-state index in [0.29, 0.717) is 5.56 Å². The molecule has 1 N–H and O–H groups in total. The molecule has 3 rings (SSSR count). The molecule has 1 fully saturated rings. The van der Waals surface area contributed by atoms with Crippen molar-refractivity contribution in [3.8, 4) is 0 Å². The van der Waals surface area contributed by atoms with Crippen LogP contribution < -0.4 is 4.90 Å². The fourth-order valence-electron chi connectivity index (χ4n) is 2.35. The van der Waals surface area contributed by atoms with E-state index in [2.05, 4.69) is 27.0 Å². The number of likely N-dealkylation sites (N-methyl/N-ethyl adjacent to an activating group) is 1. The van der Waals surface area contributed by atoms with Gasteiger partial charge < -0.3 is 9.80 Å². The van der Waals surface area contributed by atoms with Gasteiger partial charge >= 0.3 is 0 Å². The summed E-state index contributed by atoms with van der Waals surface area (Å²) in [6.07, 6.45) is 0.875. The Morgan fingerprint density at radius 1 is 1.28 bits per heavy atom. The van der Waals surface area contributed by atoms with Crippen molar-refractivity contribution in [2.24, 2.45) is 0 Å². The highest BCUT2D eigenvalue weighted by Gasteiger charge is 2.18. The van der Waals surface area contributed by atoms with Gasteiger partial charge in [0, 0.05) is 37.1 Å². The van der Waals surface area contributed by atoms with Crippen LogP contribution in [0, 0.1) is 0 Å². The Labute approximate surface area is 105 Å². The van der Waals surface area contributed by atoms with Crippen LogP contribution in [-0.2, 0) is 0 Å². The summed E-state index contributed by atoms with van der Waals surface area (Å²) in [4.78, 5) is 15.4. The average molecular weight is 244 g/mol. The van der Waals surface area contributed by atoms with Gasteiger partial charge in [0.2, 0.25) is 0 Å². The number of anilines is 1. The van der Waals surface area contributed by atoms with Gasteiger partial charge in [0.25, 0.3) is 0 Å². The highest BCUT2D eigenvalue weighted by molar-refractivity contribution is 5.94. The molecule has 0 amide bonds. The Balaban J connectivity index is 1.98. The number of benzene rings is 1. The SMILES string of the molecule is CN1CCN(c2n[nH]c3ccc(C=O)cc23)CC1. The largest absolute Gasteiger partial charge is 0.352 e. The molecule has 1 aliphatic rings. The van der Waals surface area contributed by atoms with Gasteiger partial charge in [-0.3, -0.25) is 9.89 Å². The predicted octanol–water partition coefficient (Wildman–Crippen LogP) is 1.13. The summed E-state index contributed by atoms with van der Waals surface area (Å²) in [7, 11) is 2.13. The molecule has 94 valence electrons. The van der Waals surface area contributed by atoms with Crippen LogP contribution in [0.4, 0.5) is 5.82 Å². The van der Waals surface area contributed by atoms with Crippen LogP contribution >= 0.6 is 0 Å². The summed E-state index contributed by atoms with van der Waals surface area (Å²) in [6.45, 7) is 4.03. The number of aromatic nitrogens is 2. The van der Waals surface area contributed by atoms with Crippen LogP contribution in [0.2, 0.25) is 0 Å². The minimum absolute atomic E-state index is 0.694. The molecule has 18 heavy (non-hydrogen) atoms. The number of aldehydes is 1. The topological polar surface area (TPSA) is 52.2 Å². The summed E-state index contributed by atoms with van der Waals surface area (Å²) in [6, 6.07) is 5.62. The molecule has 1 aliphatic heterocycles. The molecule has 0 saturated carbocycles. The van der Waals surface area contributed by atoms with Crippen molar-refractivity contribution in [3.05, 3.63) is 23.8 Å². The number of aromatic amines is 1. The van der Waals surface area contributed by atoms with Crippen LogP contribution in [0.25, 0.3) is 10.9 Å². The smallest absolute Gasteiger partial charge is 0.158 e. The number of H-pyrrole nitrogens is 1. The molecule has 0 radical (unpaired) electrons. The van der Waals surface area contributed by atoms with Crippen LogP contribution in [0.5, 0.6) is 0 Å². The molecule has 0 aliphatic carbocycles. The van der Waals surface area contributed by atoms with Gasteiger partial charge in [-0.1, -0.05) is 0 Å². The van der Waals surface area contributed by atoms with E-state index in [1.54, 1.807) is 6.07 Å². The highest BCUT2D eigenvalue weighted by atomic mass is 16.1. The number of nitrogens with one attached hydrogen (secondary N) is 1. The van der Waals surface area contributed by atoms with Gasteiger partial charge in [-0.25, -0.2) is 0 Å². The molecule has 1 aromatic carbocycles. The van der Waals surface area contributed by atoms with Crippen molar-refractivity contribution < 1.29 is 4.79 Å². The Kier molecular flexibility index (Phi) is 2.76. The first-order chi connectivity index (χ1) is 8.78. The van der Waals surface area contributed by atoms with E-state index >= 15 is 0 Å². The molecule has 1 saturated heterocycles. The van der Waals surface area contributed by atoms with Crippen molar-refractivity contribution in [3.63, 3.8) is 0 Å². The maximum absolute atomic E-state index is 10.9. The fraction of sp³-hybridized carbons (Fsp3) is 0.385. The first-order valence-corrected chi connectivity index (χ1v) is 6.15. The maximum Gasteiger partial charge on any atom is 0.158 e. The van der Waals surface area contributed by atoms with Crippen LogP contribution in [0.1, 0.15) is 10.4 Å². The van der Waals surface area contributed by atoms with E-state index in [1.165, 1.54) is 0 Å². The molecule has 0 bridgehead atoms. The Morgan fingerprint density at radius 2 is 2.06 bits per heavy atom. The maximum atomic E-state index is 10.9. The molecule has 5 heteroatoms. The van der Waals surface area contributed by atoms with Gasteiger partial charge in [0.1, 0.15) is 6.29 Å². The van der Waals surface area contributed by atoms with E-state index < -0.39 is 0 Å². The lowest BCUT2D eigenvalue weighted by Crippen LogP contribution is -2.44. The summed E-state index contributed by atoms with van der Waals surface area (Å²) < 4.78 is 0. The lowest BCUT2D eigenvalue weighted by Gasteiger charge is -2.32. The van der Waals surface area contributed by atoms with Crippen LogP contribution in [0.15, 0.2) is 18.2 Å². The second-order valence-electron chi connectivity index (χ2n) is 4.76. The quantitative estimate of drug-likeness (QED) is 0.805. The minimum Gasteiger partial charge on any atom is -0.352 e. The zero-order chi connectivity index (χ0) is 12.5. The average Bonchev–Trinajstić information content (AvgIpc) is 2.82. The number of nitrogens with zero attached hydrogens (tertiary/aromatic N) is 3. The van der Waals surface area contributed by atoms with Crippen molar-refractivity contribution in [2.45, 2.75) is 0 Å². The summed E-state index contributed by atoms with van der Waals surface area (Å²) in [5, 5.41) is 8.44. The van der Waals surface area contributed by atoms with Gasteiger partial charge in [0.15, 0.2) is 5.82 Å². The van der Waals surface area contributed by atoms with Crippen molar-refractivity contribution in [1.82, 2.24) is 15.1 Å². The molecule has 1 aromatic heterocycles. The number of rotatable bonds is 2. The van der Waals surface area contributed by atoms with Crippen molar-refractivity contribution >= 4 is 23.0 Å². The Bertz CT molecular complexity index is 569.